The maximum atomic E-state index is 12.1. The van der Waals surface area contributed by atoms with Gasteiger partial charge in [-0.25, -0.2) is 0 Å². The van der Waals surface area contributed by atoms with E-state index in [2.05, 4.69) is 16.0 Å². The molecule has 0 bridgehead atoms. The van der Waals surface area contributed by atoms with Crippen molar-refractivity contribution in [2.75, 3.05) is 26.2 Å². The molecule has 0 saturated carbocycles. The zero-order chi connectivity index (χ0) is 16.6. The Kier molecular flexibility index (Phi) is 8.13. The average Bonchev–Trinajstić information content (AvgIpc) is 2.41. The molecule has 1 saturated heterocycles. The van der Waals surface area contributed by atoms with E-state index in [4.69, 9.17) is 0 Å². The monoisotopic (exact) mass is 345 g/mol. The van der Waals surface area contributed by atoms with E-state index in [0.717, 1.165) is 25.9 Å². The Morgan fingerprint density at radius 1 is 1.14 bits per heavy atom. The minimum Gasteiger partial charge on any atom is -0.303 e. The number of rotatable bonds is 5. The smallest absolute Gasteiger partial charge is 0.303 e. The van der Waals surface area contributed by atoms with Gasteiger partial charge in [0.25, 0.3) is 0 Å². The van der Waals surface area contributed by atoms with E-state index < -0.39 is 22.2 Å². The number of alkyl halides is 3. The van der Waals surface area contributed by atoms with Crippen molar-refractivity contribution in [3.8, 4) is 0 Å². The van der Waals surface area contributed by atoms with Crippen molar-refractivity contribution in [2.45, 2.75) is 57.4 Å². The lowest BCUT2D eigenvalue weighted by Gasteiger charge is -2.26. The lowest BCUT2D eigenvalue weighted by Crippen LogP contribution is -2.32. The fraction of sp³-hybridized carbons (Fsp3) is 1.00. The average molecular weight is 345 g/mol. The highest BCUT2D eigenvalue weighted by molar-refractivity contribution is 7.87. The first-order valence-corrected chi connectivity index (χ1v) is 9.31. The number of hydrogen-bond donors (Lipinski definition) is 0. The van der Waals surface area contributed by atoms with Gasteiger partial charge in [-0.15, -0.1) is 0 Å². The number of nitrogens with zero attached hydrogens (tertiary/aromatic N) is 1. The predicted octanol–water partition coefficient (Wildman–Crippen LogP) is 3.54. The van der Waals surface area contributed by atoms with Crippen LogP contribution in [0.4, 0.5) is 13.2 Å². The Morgan fingerprint density at radius 2 is 1.77 bits per heavy atom. The van der Waals surface area contributed by atoms with Gasteiger partial charge in [0.05, 0.1) is 6.61 Å². The summed E-state index contributed by atoms with van der Waals surface area (Å²) in [7, 11) is -5.45. The predicted molar refractivity (Wildman–Crippen MR) is 78.8 cm³/mol. The molecule has 1 atom stereocenters. The van der Waals surface area contributed by atoms with E-state index in [9.17, 15) is 21.6 Å². The number of halogens is 3. The Balaban J connectivity index is 2.34. The van der Waals surface area contributed by atoms with Crippen LogP contribution in [0.5, 0.6) is 0 Å². The van der Waals surface area contributed by atoms with Gasteiger partial charge in [0.2, 0.25) is 0 Å². The highest BCUT2D eigenvalue weighted by Crippen LogP contribution is 2.24. The fourth-order valence-electron chi connectivity index (χ4n) is 2.71. The van der Waals surface area contributed by atoms with Crippen molar-refractivity contribution in [3.05, 3.63) is 0 Å². The fourth-order valence-corrected chi connectivity index (χ4v) is 3.18. The van der Waals surface area contributed by atoms with Gasteiger partial charge in [0.15, 0.2) is 0 Å². The highest BCUT2D eigenvalue weighted by atomic mass is 32.2. The summed E-state index contributed by atoms with van der Waals surface area (Å²) in [6, 6.07) is 0. The molecule has 1 aliphatic heterocycles. The molecule has 22 heavy (non-hydrogen) atoms. The molecular weight excluding hydrogens is 319 g/mol. The lowest BCUT2D eigenvalue weighted by atomic mass is 9.99. The summed E-state index contributed by atoms with van der Waals surface area (Å²) in [5, 5.41) is 0. The van der Waals surface area contributed by atoms with Gasteiger partial charge in [-0.05, 0) is 31.7 Å². The Labute approximate surface area is 131 Å². The third kappa shape index (κ3) is 7.28. The molecule has 0 radical (unpaired) electrons. The highest BCUT2D eigenvalue weighted by Gasteiger charge is 2.47. The van der Waals surface area contributed by atoms with E-state index >= 15 is 0 Å². The van der Waals surface area contributed by atoms with E-state index in [1.54, 1.807) is 0 Å². The van der Waals surface area contributed by atoms with Gasteiger partial charge < -0.3 is 4.90 Å². The molecule has 4 nitrogen and oxygen atoms in total. The van der Waals surface area contributed by atoms with Crippen LogP contribution in [0.2, 0.25) is 0 Å². The topological polar surface area (TPSA) is 46.6 Å². The quantitative estimate of drug-likeness (QED) is 0.434. The molecule has 0 aromatic heterocycles. The maximum absolute atomic E-state index is 12.1. The summed E-state index contributed by atoms with van der Waals surface area (Å²) in [6.45, 7) is 4.14. The molecular formula is C14H26F3NO3S. The van der Waals surface area contributed by atoms with Crippen LogP contribution in [-0.4, -0.2) is 45.1 Å². The van der Waals surface area contributed by atoms with E-state index in [0.29, 0.717) is 12.5 Å². The van der Waals surface area contributed by atoms with Crippen LogP contribution >= 0.6 is 0 Å². The molecule has 1 unspecified atom stereocenters. The summed E-state index contributed by atoms with van der Waals surface area (Å²) < 4.78 is 62.0. The molecule has 0 aliphatic carbocycles. The first kappa shape index (κ1) is 19.7. The van der Waals surface area contributed by atoms with Crippen molar-refractivity contribution in [3.63, 3.8) is 0 Å². The van der Waals surface area contributed by atoms with Crippen molar-refractivity contribution >= 4 is 10.1 Å². The van der Waals surface area contributed by atoms with Crippen LogP contribution in [0.15, 0.2) is 0 Å². The molecule has 8 heteroatoms. The van der Waals surface area contributed by atoms with Crippen LogP contribution < -0.4 is 0 Å². The van der Waals surface area contributed by atoms with Crippen LogP contribution in [0.25, 0.3) is 0 Å². The second kappa shape index (κ2) is 9.08. The van der Waals surface area contributed by atoms with Gasteiger partial charge in [-0.3, -0.25) is 4.18 Å². The molecule has 0 spiro atoms. The Bertz CT molecular complexity index is 412. The van der Waals surface area contributed by atoms with Crippen LogP contribution in [0, 0.1) is 5.92 Å². The Morgan fingerprint density at radius 3 is 2.45 bits per heavy atom. The summed E-state index contributed by atoms with van der Waals surface area (Å²) in [5.41, 5.74) is -5.34. The van der Waals surface area contributed by atoms with Gasteiger partial charge >= 0.3 is 15.6 Å². The van der Waals surface area contributed by atoms with Crippen molar-refractivity contribution < 1.29 is 25.8 Å². The maximum Gasteiger partial charge on any atom is 0.523 e. The number of hydrogen-bond acceptors (Lipinski definition) is 4. The summed E-state index contributed by atoms with van der Waals surface area (Å²) in [4.78, 5) is 2.21. The molecule has 1 aliphatic rings. The molecule has 1 rings (SSSR count). The normalized spacial score (nSPS) is 23.4. The zero-order valence-corrected chi connectivity index (χ0v) is 13.9. The molecule has 0 amide bonds. The molecule has 0 N–H and O–H groups in total. The van der Waals surface area contributed by atoms with Crippen molar-refractivity contribution in [1.29, 1.82) is 0 Å². The molecule has 0 aromatic carbocycles. The van der Waals surface area contributed by atoms with Gasteiger partial charge in [-0.2, -0.15) is 21.6 Å². The first-order valence-electron chi connectivity index (χ1n) is 7.90. The van der Waals surface area contributed by atoms with Crippen LogP contribution in [-0.2, 0) is 14.3 Å². The van der Waals surface area contributed by atoms with E-state index in [-0.39, 0.29) is 6.42 Å². The van der Waals surface area contributed by atoms with Crippen LogP contribution in [0.1, 0.15) is 51.9 Å². The zero-order valence-electron chi connectivity index (χ0n) is 13.1. The largest absolute Gasteiger partial charge is 0.523 e. The second-order valence-electron chi connectivity index (χ2n) is 6.04. The first-order chi connectivity index (χ1) is 10.2. The molecule has 132 valence electrons. The summed E-state index contributed by atoms with van der Waals surface area (Å²) in [6.07, 6.45) is 7.42. The molecule has 0 aromatic rings. The second-order valence-corrected chi connectivity index (χ2v) is 7.64. The molecule has 1 heterocycles. The molecule has 1 fully saturated rings. The van der Waals surface area contributed by atoms with Crippen molar-refractivity contribution in [2.24, 2.45) is 5.92 Å². The van der Waals surface area contributed by atoms with E-state index in [1.807, 2.05) is 0 Å². The third-order valence-corrected chi connectivity index (χ3v) is 4.93. The van der Waals surface area contributed by atoms with Crippen molar-refractivity contribution in [1.82, 2.24) is 4.90 Å². The summed E-state index contributed by atoms with van der Waals surface area (Å²) >= 11 is 0. The van der Waals surface area contributed by atoms with Gasteiger partial charge in [0, 0.05) is 13.1 Å². The third-order valence-electron chi connectivity index (χ3n) is 3.88. The van der Waals surface area contributed by atoms with Gasteiger partial charge in [0.1, 0.15) is 0 Å². The minimum absolute atomic E-state index is 0.280. The van der Waals surface area contributed by atoms with E-state index in [1.165, 1.54) is 25.7 Å². The summed E-state index contributed by atoms with van der Waals surface area (Å²) in [5.74, 6) is 0.554. The SMILES string of the molecule is CC1CCCCCCCN(CCCOS(=O)(=O)C(F)(F)F)C1. The Hall–Kier alpha value is -0.340. The van der Waals surface area contributed by atoms with Crippen LogP contribution in [0.3, 0.4) is 0 Å². The minimum atomic E-state index is -5.45. The standard InChI is InChI=1S/C14H26F3NO3S/c1-13-8-5-3-2-4-6-9-18(12-13)10-7-11-21-22(19,20)14(15,16)17/h13H,2-12H2,1H3. The lowest BCUT2D eigenvalue weighted by molar-refractivity contribution is -0.0543. The van der Waals surface area contributed by atoms with Gasteiger partial charge in [-0.1, -0.05) is 32.6 Å².